The Hall–Kier alpha value is -1.69. The summed E-state index contributed by atoms with van der Waals surface area (Å²) in [7, 11) is 0. The van der Waals surface area contributed by atoms with Gasteiger partial charge in [-0.25, -0.2) is 8.78 Å². The maximum Gasteiger partial charge on any atom is 0.258 e. The van der Waals surface area contributed by atoms with Crippen LogP contribution in [0.3, 0.4) is 0 Å². The molecule has 0 bridgehead atoms. The molecule has 2 unspecified atom stereocenters. The van der Waals surface area contributed by atoms with E-state index < -0.39 is 11.6 Å². The number of amides is 1. The van der Waals surface area contributed by atoms with Crippen molar-refractivity contribution in [2.45, 2.75) is 31.7 Å². The number of carbonyl (C=O) groups excluding carboxylic acids is 1. The average Bonchev–Trinajstić information content (AvgIpc) is 2.47. The molecule has 21 heavy (non-hydrogen) atoms. The van der Waals surface area contributed by atoms with Crippen LogP contribution >= 0.6 is 0 Å². The minimum atomic E-state index is -0.819. The summed E-state index contributed by atoms with van der Waals surface area (Å²) in [5.41, 5.74) is 5.70. The molecule has 2 atom stereocenters. The molecule has 0 heterocycles. The van der Waals surface area contributed by atoms with Gasteiger partial charge in [0.1, 0.15) is 5.82 Å². The first-order valence-electron chi connectivity index (χ1n) is 7.17. The van der Waals surface area contributed by atoms with Crippen LogP contribution in [0.4, 0.5) is 8.78 Å². The van der Waals surface area contributed by atoms with Crippen LogP contribution in [0, 0.1) is 17.6 Å². The zero-order chi connectivity index (χ0) is 15.2. The molecular weight excluding hydrogens is 278 g/mol. The Bertz CT molecular complexity index is 497. The first-order valence-corrected chi connectivity index (χ1v) is 7.17. The number of ether oxygens (including phenoxy) is 1. The molecule has 1 fully saturated rings. The van der Waals surface area contributed by atoms with E-state index in [4.69, 9.17) is 10.5 Å². The monoisotopic (exact) mass is 298 g/mol. The molecule has 1 saturated carbocycles. The fourth-order valence-corrected chi connectivity index (χ4v) is 2.66. The molecule has 4 nitrogen and oxygen atoms in total. The van der Waals surface area contributed by atoms with Gasteiger partial charge >= 0.3 is 0 Å². The van der Waals surface area contributed by atoms with E-state index in [2.05, 4.69) is 5.32 Å². The summed E-state index contributed by atoms with van der Waals surface area (Å²) in [6.07, 6.45) is 4.10. The van der Waals surface area contributed by atoms with Gasteiger partial charge in [-0.3, -0.25) is 4.79 Å². The summed E-state index contributed by atoms with van der Waals surface area (Å²) in [5.74, 6) is -1.67. The van der Waals surface area contributed by atoms with Crippen molar-refractivity contribution in [2.24, 2.45) is 11.7 Å². The normalized spacial score (nSPS) is 21.9. The second kappa shape index (κ2) is 7.36. The highest BCUT2D eigenvalue weighted by Gasteiger charge is 2.25. The number of benzene rings is 1. The Morgan fingerprint density at radius 1 is 1.33 bits per heavy atom. The lowest BCUT2D eigenvalue weighted by atomic mass is 9.84. The van der Waals surface area contributed by atoms with Crippen LogP contribution in [-0.2, 0) is 4.79 Å². The van der Waals surface area contributed by atoms with Gasteiger partial charge in [0.15, 0.2) is 18.2 Å². The molecule has 0 spiro atoms. The maximum atomic E-state index is 13.4. The molecule has 1 aromatic rings. The van der Waals surface area contributed by atoms with Crippen molar-refractivity contribution in [2.75, 3.05) is 13.2 Å². The zero-order valence-corrected chi connectivity index (χ0v) is 11.8. The topological polar surface area (TPSA) is 64.3 Å². The fraction of sp³-hybridized carbons (Fsp3) is 0.533. The van der Waals surface area contributed by atoms with Gasteiger partial charge < -0.3 is 15.8 Å². The van der Waals surface area contributed by atoms with Crippen molar-refractivity contribution >= 4 is 5.91 Å². The lowest BCUT2D eigenvalue weighted by Gasteiger charge is -2.31. The summed E-state index contributed by atoms with van der Waals surface area (Å²) in [6.45, 7) is 0.245. The highest BCUT2D eigenvalue weighted by molar-refractivity contribution is 5.77. The van der Waals surface area contributed by atoms with Gasteiger partial charge in [-0.05, 0) is 37.4 Å². The fourth-order valence-electron chi connectivity index (χ4n) is 2.66. The highest BCUT2D eigenvalue weighted by atomic mass is 19.1. The minimum Gasteiger partial charge on any atom is -0.481 e. The molecule has 0 saturated heterocycles. The molecule has 1 aliphatic rings. The van der Waals surface area contributed by atoms with Crippen molar-refractivity contribution < 1.29 is 18.3 Å². The first-order chi connectivity index (χ1) is 10.1. The summed E-state index contributed by atoms with van der Waals surface area (Å²) in [6, 6.07) is 3.03. The number of carbonyl (C=O) groups is 1. The molecular formula is C15H20F2N2O2. The third-order valence-corrected chi connectivity index (χ3v) is 3.81. The quantitative estimate of drug-likeness (QED) is 0.873. The summed E-state index contributed by atoms with van der Waals surface area (Å²) in [4.78, 5) is 11.9. The smallest absolute Gasteiger partial charge is 0.258 e. The van der Waals surface area contributed by atoms with Crippen LogP contribution in [0.2, 0.25) is 0 Å². The number of rotatable bonds is 5. The minimum absolute atomic E-state index is 0.0536. The molecule has 0 aliphatic heterocycles. The van der Waals surface area contributed by atoms with E-state index in [0.717, 1.165) is 37.8 Å². The zero-order valence-electron chi connectivity index (χ0n) is 11.8. The Morgan fingerprint density at radius 3 is 2.81 bits per heavy atom. The first kappa shape index (κ1) is 15.7. The second-order valence-corrected chi connectivity index (χ2v) is 5.32. The van der Waals surface area contributed by atoms with Gasteiger partial charge in [-0.1, -0.05) is 12.8 Å². The van der Waals surface area contributed by atoms with Crippen LogP contribution in [0.5, 0.6) is 5.75 Å². The van der Waals surface area contributed by atoms with Crippen LogP contribution in [0.15, 0.2) is 18.2 Å². The number of hydrogen-bond donors (Lipinski definition) is 2. The van der Waals surface area contributed by atoms with E-state index in [1.807, 2.05) is 0 Å². The summed E-state index contributed by atoms with van der Waals surface area (Å²) >= 11 is 0. The van der Waals surface area contributed by atoms with Gasteiger partial charge in [0.05, 0.1) is 0 Å². The van der Waals surface area contributed by atoms with Crippen molar-refractivity contribution in [1.82, 2.24) is 5.32 Å². The SMILES string of the molecule is NCC1CCCCC1NC(=O)COc1ccc(F)cc1F. The average molecular weight is 298 g/mol. The van der Waals surface area contributed by atoms with E-state index in [9.17, 15) is 13.6 Å². The van der Waals surface area contributed by atoms with Crippen LogP contribution in [0.1, 0.15) is 25.7 Å². The highest BCUT2D eigenvalue weighted by Crippen LogP contribution is 2.23. The predicted molar refractivity (Wildman–Crippen MR) is 74.8 cm³/mol. The Labute approximate surface area is 122 Å². The van der Waals surface area contributed by atoms with Crippen molar-refractivity contribution in [1.29, 1.82) is 0 Å². The lowest BCUT2D eigenvalue weighted by molar-refractivity contribution is -0.124. The summed E-state index contributed by atoms with van der Waals surface area (Å²) < 4.78 is 31.2. The second-order valence-electron chi connectivity index (χ2n) is 5.32. The lowest BCUT2D eigenvalue weighted by Crippen LogP contribution is -2.46. The number of halogens is 2. The molecule has 0 aromatic heterocycles. The van der Waals surface area contributed by atoms with Gasteiger partial charge in [0, 0.05) is 12.1 Å². The maximum absolute atomic E-state index is 13.4. The number of nitrogens with one attached hydrogen (secondary N) is 1. The molecule has 1 aliphatic carbocycles. The number of nitrogens with two attached hydrogens (primary N) is 1. The van der Waals surface area contributed by atoms with Crippen molar-refractivity contribution in [3.05, 3.63) is 29.8 Å². The van der Waals surface area contributed by atoms with E-state index in [-0.39, 0.29) is 30.2 Å². The molecule has 116 valence electrons. The summed E-state index contributed by atoms with van der Waals surface area (Å²) in [5, 5.41) is 2.88. The third-order valence-electron chi connectivity index (χ3n) is 3.81. The Balaban J connectivity index is 1.84. The van der Waals surface area contributed by atoms with Gasteiger partial charge in [-0.15, -0.1) is 0 Å². The molecule has 6 heteroatoms. The van der Waals surface area contributed by atoms with Gasteiger partial charge in [0.2, 0.25) is 0 Å². The van der Waals surface area contributed by atoms with E-state index >= 15 is 0 Å². The molecule has 3 N–H and O–H groups in total. The van der Waals surface area contributed by atoms with Gasteiger partial charge in [0.25, 0.3) is 5.91 Å². The van der Waals surface area contributed by atoms with E-state index in [1.54, 1.807) is 0 Å². The Kier molecular flexibility index (Phi) is 5.50. The molecule has 1 amide bonds. The largest absolute Gasteiger partial charge is 0.481 e. The van der Waals surface area contributed by atoms with Crippen LogP contribution in [-0.4, -0.2) is 25.1 Å². The van der Waals surface area contributed by atoms with Crippen LogP contribution in [0.25, 0.3) is 0 Å². The van der Waals surface area contributed by atoms with Crippen molar-refractivity contribution in [3.8, 4) is 5.75 Å². The predicted octanol–water partition coefficient (Wildman–Crippen LogP) is 1.98. The van der Waals surface area contributed by atoms with E-state index in [0.29, 0.717) is 6.54 Å². The third kappa shape index (κ3) is 4.39. The Morgan fingerprint density at radius 2 is 2.10 bits per heavy atom. The molecule has 1 aromatic carbocycles. The van der Waals surface area contributed by atoms with Crippen LogP contribution < -0.4 is 15.8 Å². The molecule has 2 rings (SSSR count). The van der Waals surface area contributed by atoms with Crippen molar-refractivity contribution in [3.63, 3.8) is 0 Å². The molecule has 0 radical (unpaired) electrons. The van der Waals surface area contributed by atoms with Gasteiger partial charge in [-0.2, -0.15) is 0 Å². The van der Waals surface area contributed by atoms with E-state index in [1.165, 1.54) is 6.07 Å². The number of hydrogen-bond acceptors (Lipinski definition) is 3. The standard InChI is InChI=1S/C15H20F2N2O2/c16-11-5-6-14(12(17)7-11)21-9-15(20)19-13-4-2-1-3-10(13)8-18/h5-7,10,13H,1-4,8-9,18H2,(H,19,20).